The number of benzene rings is 1. The van der Waals surface area contributed by atoms with Gasteiger partial charge in [-0.25, -0.2) is 23.5 Å². The molecule has 0 radical (unpaired) electrons. The molecule has 0 aliphatic rings. The minimum Gasteiger partial charge on any atom is -0.475 e. The molecule has 0 bridgehead atoms. The minimum atomic E-state index is -1.28. The first kappa shape index (κ1) is 12.1. The summed E-state index contributed by atoms with van der Waals surface area (Å²) >= 11 is 0. The van der Waals surface area contributed by atoms with Gasteiger partial charge in [-0.1, -0.05) is 0 Å². The van der Waals surface area contributed by atoms with Crippen molar-refractivity contribution in [2.45, 2.75) is 6.92 Å². The van der Waals surface area contributed by atoms with Crippen molar-refractivity contribution in [3.05, 3.63) is 47.4 Å². The Bertz CT molecular complexity index is 629. The van der Waals surface area contributed by atoms with Crippen molar-refractivity contribution in [2.75, 3.05) is 0 Å². The molecule has 2 rings (SSSR count). The predicted molar refractivity (Wildman–Crippen MR) is 59.1 cm³/mol. The second kappa shape index (κ2) is 4.48. The fraction of sp³-hybridized carbons (Fsp3) is 0.0833. The molecule has 0 saturated heterocycles. The lowest BCUT2D eigenvalue weighted by molar-refractivity contribution is 0.0683. The Hall–Kier alpha value is -2.37. The Morgan fingerprint density at radius 1 is 1.17 bits per heavy atom. The van der Waals surface area contributed by atoms with Crippen molar-refractivity contribution in [1.82, 2.24) is 9.97 Å². The molecular weight excluding hydrogens is 242 g/mol. The van der Waals surface area contributed by atoms with E-state index >= 15 is 0 Å². The van der Waals surface area contributed by atoms with Gasteiger partial charge in [0.1, 0.15) is 0 Å². The van der Waals surface area contributed by atoms with Gasteiger partial charge in [0.2, 0.25) is 5.82 Å². The van der Waals surface area contributed by atoms with Crippen LogP contribution in [-0.2, 0) is 0 Å². The zero-order valence-corrected chi connectivity index (χ0v) is 9.32. The number of carboxylic acids is 1. The van der Waals surface area contributed by atoms with E-state index < -0.39 is 17.6 Å². The summed E-state index contributed by atoms with van der Waals surface area (Å²) in [6.45, 7) is 1.59. The van der Waals surface area contributed by atoms with Crippen molar-refractivity contribution < 1.29 is 18.7 Å². The molecule has 0 unspecified atom stereocenters. The van der Waals surface area contributed by atoms with Gasteiger partial charge in [0.25, 0.3) is 0 Å². The lowest BCUT2D eigenvalue weighted by Gasteiger charge is -2.04. The number of halogens is 2. The molecule has 1 N–H and O–H groups in total. The molecule has 0 atom stereocenters. The standard InChI is InChI=1S/C12H8F2N2O2/c1-6-4-10(16-11(15-6)12(17)18)7-2-3-8(13)9(14)5-7/h2-5H,1H3,(H,17,18). The van der Waals surface area contributed by atoms with Crippen molar-refractivity contribution in [2.24, 2.45) is 0 Å². The van der Waals surface area contributed by atoms with Crippen LogP contribution in [0.15, 0.2) is 24.3 Å². The van der Waals surface area contributed by atoms with Gasteiger partial charge in [-0.05, 0) is 31.2 Å². The molecule has 6 heteroatoms. The van der Waals surface area contributed by atoms with Gasteiger partial charge in [-0.3, -0.25) is 0 Å². The van der Waals surface area contributed by atoms with E-state index in [0.29, 0.717) is 11.3 Å². The number of aromatic carboxylic acids is 1. The summed E-state index contributed by atoms with van der Waals surface area (Å²) in [4.78, 5) is 18.3. The van der Waals surface area contributed by atoms with Crippen LogP contribution in [0.1, 0.15) is 16.3 Å². The van der Waals surface area contributed by atoms with Gasteiger partial charge >= 0.3 is 5.97 Å². The Morgan fingerprint density at radius 2 is 1.89 bits per heavy atom. The van der Waals surface area contributed by atoms with E-state index in [1.165, 1.54) is 12.1 Å². The molecule has 1 aromatic heterocycles. The number of hydrogen-bond acceptors (Lipinski definition) is 3. The first-order chi connectivity index (χ1) is 8.47. The Kier molecular flexibility index (Phi) is 3.01. The maximum Gasteiger partial charge on any atom is 0.373 e. The highest BCUT2D eigenvalue weighted by Crippen LogP contribution is 2.20. The molecule has 2 aromatic rings. The highest BCUT2D eigenvalue weighted by Gasteiger charge is 2.12. The van der Waals surface area contributed by atoms with Crippen LogP contribution in [0, 0.1) is 18.6 Å². The number of aryl methyl sites for hydroxylation is 1. The van der Waals surface area contributed by atoms with Crippen molar-refractivity contribution >= 4 is 5.97 Å². The van der Waals surface area contributed by atoms with Gasteiger partial charge in [0.05, 0.1) is 5.69 Å². The van der Waals surface area contributed by atoms with Crippen LogP contribution in [-0.4, -0.2) is 21.0 Å². The first-order valence-electron chi connectivity index (χ1n) is 5.02. The summed E-state index contributed by atoms with van der Waals surface area (Å²) in [6, 6.07) is 4.75. The third kappa shape index (κ3) is 2.32. The van der Waals surface area contributed by atoms with Gasteiger partial charge in [-0.2, -0.15) is 0 Å². The molecule has 0 saturated carbocycles. The molecule has 0 aliphatic carbocycles. The number of carbonyl (C=O) groups is 1. The van der Waals surface area contributed by atoms with E-state index in [2.05, 4.69) is 9.97 Å². The minimum absolute atomic E-state index is 0.235. The molecule has 1 aromatic carbocycles. The van der Waals surface area contributed by atoms with E-state index in [1.807, 2.05) is 0 Å². The monoisotopic (exact) mass is 250 g/mol. The van der Waals surface area contributed by atoms with Gasteiger partial charge < -0.3 is 5.11 Å². The van der Waals surface area contributed by atoms with Crippen LogP contribution >= 0.6 is 0 Å². The van der Waals surface area contributed by atoms with Crippen molar-refractivity contribution in [1.29, 1.82) is 0 Å². The zero-order chi connectivity index (χ0) is 13.3. The van der Waals surface area contributed by atoms with Crippen LogP contribution in [0.25, 0.3) is 11.3 Å². The molecule has 4 nitrogen and oxygen atoms in total. The lowest BCUT2D eigenvalue weighted by Crippen LogP contribution is -2.06. The lowest BCUT2D eigenvalue weighted by atomic mass is 10.1. The number of rotatable bonds is 2. The van der Waals surface area contributed by atoms with Crippen LogP contribution < -0.4 is 0 Å². The largest absolute Gasteiger partial charge is 0.475 e. The maximum absolute atomic E-state index is 13.1. The molecule has 0 fully saturated rings. The van der Waals surface area contributed by atoms with Gasteiger partial charge in [0, 0.05) is 11.3 Å². The highest BCUT2D eigenvalue weighted by molar-refractivity contribution is 5.84. The second-order valence-corrected chi connectivity index (χ2v) is 3.65. The molecule has 0 amide bonds. The van der Waals surface area contributed by atoms with E-state index in [1.54, 1.807) is 6.92 Å². The quantitative estimate of drug-likeness (QED) is 0.889. The fourth-order valence-electron chi connectivity index (χ4n) is 1.47. The summed E-state index contributed by atoms with van der Waals surface area (Å²) in [5, 5.41) is 8.82. The van der Waals surface area contributed by atoms with Crippen LogP contribution in [0.2, 0.25) is 0 Å². The van der Waals surface area contributed by atoms with Crippen LogP contribution in [0.4, 0.5) is 8.78 Å². The topological polar surface area (TPSA) is 63.1 Å². The van der Waals surface area contributed by atoms with Gasteiger partial charge in [0.15, 0.2) is 11.6 Å². The second-order valence-electron chi connectivity index (χ2n) is 3.65. The fourth-order valence-corrected chi connectivity index (χ4v) is 1.47. The molecule has 1 heterocycles. The Morgan fingerprint density at radius 3 is 2.50 bits per heavy atom. The third-order valence-corrected chi connectivity index (χ3v) is 2.26. The predicted octanol–water partition coefficient (Wildman–Crippen LogP) is 2.43. The number of hydrogen-bond donors (Lipinski definition) is 1. The smallest absolute Gasteiger partial charge is 0.373 e. The van der Waals surface area contributed by atoms with Crippen LogP contribution in [0.3, 0.4) is 0 Å². The van der Waals surface area contributed by atoms with Crippen molar-refractivity contribution in [3.63, 3.8) is 0 Å². The van der Waals surface area contributed by atoms with Gasteiger partial charge in [-0.15, -0.1) is 0 Å². The Labute approximate surface area is 101 Å². The third-order valence-electron chi connectivity index (χ3n) is 2.26. The molecule has 0 spiro atoms. The number of carboxylic acid groups (broad SMARTS) is 1. The Balaban J connectivity index is 2.56. The summed E-state index contributed by atoms with van der Waals surface area (Å²) in [5.74, 6) is -3.64. The molecular formula is C12H8F2N2O2. The first-order valence-corrected chi connectivity index (χ1v) is 5.02. The summed E-state index contributed by atoms with van der Waals surface area (Å²) in [7, 11) is 0. The van der Waals surface area contributed by atoms with E-state index in [9.17, 15) is 13.6 Å². The molecule has 92 valence electrons. The average Bonchev–Trinajstić information content (AvgIpc) is 2.31. The summed E-state index contributed by atoms with van der Waals surface area (Å²) < 4.78 is 25.9. The van der Waals surface area contributed by atoms with Crippen LogP contribution in [0.5, 0.6) is 0 Å². The zero-order valence-electron chi connectivity index (χ0n) is 9.32. The van der Waals surface area contributed by atoms with E-state index in [-0.39, 0.29) is 11.5 Å². The SMILES string of the molecule is Cc1cc(-c2ccc(F)c(F)c2)nc(C(=O)O)n1. The van der Waals surface area contributed by atoms with E-state index in [4.69, 9.17) is 5.11 Å². The van der Waals surface area contributed by atoms with Crippen molar-refractivity contribution in [3.8, 4) is 11.3 Å². The van der Waals surface area contributed by atoms with E-state index in [0.717, 1.165) is 12.1 Å². The molecule has 18 heavy (non-hydrogen) atoms. The maximum atomic E-state index is 13.1. The molecule has 0 aliphatic heterocycles. The normalized spacial score (nSPS) is 10.4. The summed E-state index contributed by atoms with van der Waals surface area (Å²) in [5.41, 5.74) is 0.961. The number of aromatic nitrogens is 2. The number of nitrogens with zero attached hydrogens (tertiary/aromatic N) is 2. The highest BCUT2D eigenvalue weighted by atomic mass is 19.2. The average molecular weight is 250 g/mol. The summed E-state index contributed by atoms with van der Waals surface area (Å²) in [6.07, 6.45) is 0.